The Bertz CT molecular complexity index is 909. The third kappa shape index (κ3) is 4.42. The predicted molar refractivity (Wildman–Crippen MR) is 112 cm³/mol. The Balaban J connectivity index is 1.36. The van der Waals surface area contributed by atoms with E-state index in [0.717, 1.165) is 42.6 Å². The summed E-state index contributed by atoms with van der Waals surface area (Å²) >= 11 is 1.39. The van der Waals surface area contributed by atoms with Crippen LogP contribution in [0, 0.1) is 0 Å². The topological polar surface area (TPSA) is 92.8 Å². The Hall–Kier alpha value is -2.07. The van der Waals surface area contributed by atoms with E-state index in [-0.39, 0.29) is 23.5 Å². The highest BCUT2D eigenvalue weighted by Gasteiger charge is 2.46. The van der Waals surface area contributed by atoms with Crippen molar-refractivity contribution in [1.29, 1.82) is 0 Å². The fourth-order valence-corrected chi connectivity index (χ4v) is 5.15. The number of amides is 2. The van der Waals surface area contributed by atoms with Crippen LogP contribution in [0.2, 0.25) is 0 Å². The van der Waals surface area contributed by atoms with Crippen LogP contribution in [0.1, 0.15) is 26.2 Å². The molecule has 0 aliphatic carbocycles. The molecule has 29 heavy (non-hydrogen) atoms. The molecule has 0 bridgehead atoms. The molecule has 1 aromatic heterocycles. The first-order valence-electron chi connectivity index (χ1n) is 9.84. The molecule has 0 radical (unpaired) electrons. The molecular formula is C20H26N4O4S. The van der Waals surface area contributed by atoms with E-state index in [1.807, 2.05) is 12.1 Å². The van der Waals surface area contributed by atoms with Gasteiger partial charge in [-0.1, -0.05) is 11.3 Å². The van der Waals surface area contributed by atoms with Gasteiger partial charge in [-0.05, 0) is 37.5 Å². The summed E-state index contributed by atoms with van der Waals surface area (Å²) in [5, 5.41) is 6.21. The average Bonchev–Trinajstić information content (AvgIpc) is 3.29. The Morgan fingerprint density at radius 3 is 2.97 bits per heavy atom. The van der Waals surface area contributed by atoms with E-state index in [1.54, 1.807) is 13.2 Å². The number of nitrogens with one attached hydrogen (secondary N) is 2. The molecular weight excluding hydrogens is 392 g/mol. The number of ether oxygens (including phenoxy) is 2. The number of hydrogen-bond acceptors (Lipinski definition) is 7. The van der Waals surface area contributed by atoms with Gasteiger partial charge >= 0.3 is 0 Å². The van der Waals surface area contributed by atoms with Gasteiger partial charge in [0, 0.05) is 39.4 Å². The van der Waals surface area contributed by atoms with Gasteiger partial charge in [-0.15, -0.1) is 0 Å². The molecule has 0 saturated carbocycles. The lowest BCUT2D eigenvalue weighted by Crippen LogP contribution is -2.57. The first-order chi connectivity index (χ1) is 14.0. The van der Waals surface area contributed by atoms with Crippen molar-refractivity contribution in [1.82, 2.24) is 9.88 Å². The number of aromatic nitrogens is 1. The van der Waals surface area contributed by atoms with Crippen molar-refractivity contribution in [3.63, 3.8) is 0 Å². The molecule has 1 spiro atoms. The molecule has 156 valence electrons. The van der Waals surface area contributed by atoms with Crippen molar-refractivity contribution in [2.24, 2.45) is 0 Å². The summed E-state index contributed by atoms with van der Waals surface area (Å²) in [7, 11) is 1.72. The van der Waals surface area contributed by atoms with Crippen LogP contribution in [0.5, 0.6) is 0 Å². The van der Waals surface area contributed by atoms with Gasteiger partial charge in [-0.25, -0.2) is 4.98 Å². The van der Waals surface area contributed by atoms with E-state index < -0.39 is 0 Å². The minimum atomic E-state index is -0.180. The molecule has 2 aliphatic rings. The maximum Gasteiger partial charge on any atom is 0.240 e. The van der Waals surface area contributed by atoms with Gasteiger partial charge in [0.2, 0.25) is 11.8 Å². The number of likely N-dealkylation sites (tertiary alicyclic amines) is 1. The fraction of sp³-hybridized carbons (Fsp3) is 0.550. The van der Waals surface area contributed by atoms with Crippen LogP contribution in [-0.4, -0.2) is 66.8 Å². The lowest BCUT2D eigenvalue weighted by atomic mass is 9.86. The number of methoxy groups -OCH3 is 1. The summed E-state index contributed by atoms with van der Waals surface area (Å²) in [6.07, 6.45) is 2.96. The average molecular weight is 419 g/mol. The number of piperidine rings is 1. The van der Waals surface area contributed by atoms with Crippen LogP contribution >= 0.6 is 11.3 Å². The molecule has 0 unspecified atom stereocenters. The molecule has 3 heterocycles. The number of rotatable bonds is 5. The van der Waals surface area contributed by atoms with Crippen LogP contribution in [0.25, 0.3) is 10.2 Å². The fourth-order valence-electron chi connectivity index (χ4n) is 4.22. The zero-order chi connectivity index (χ0) is 20.4. The number of carbonyl (C=O) groups is 2. The van der Waals surface area contributed by atoms with Crippen molar-refractivity contribution in [2.75, 3.05) is 44.0 Å². The van der Waals surface area contributed by atoms with Crippen LogP contribution in [0.15, 0.2) is 18.2 Å². The van der Waals surface area contributed by atoms with Crippen LogP contribution < -0.4 is 10.6 Å². The summed E-state index contributed by atoms with van der Waals surface area (Å²) < 4.78 is 12.6. The van der Waals surface area contributed by atoms with Gasteiger partial charge < -0.3 is 20.1 Å². The van der Waals surface area contributed by atoms with Gasteiger partial charge in [0.05, 0.1) is 28.5 Å². The number of fused-ring (bicyclic) bond motifs is 1. The number of anilines is 2. The standard InChI is InChI=1S/C20H26N4O4S/c1-13(25)21-14-4-5-15-16(10-14)29-19(22-15)23-18(26)12-24-8-7-20(6-3-9-28-20)17(11-24)27-2/h4-5,10,17H,3,6-9,11-12H2,1-2H3,(H,21,25)(H,22,23,26)/t17-,20-/m0/s1. The van der Waals surface area contributed by atoms with Crippen molar-refractivity contribution in [2.45, 2.75) is 37.9 Å². The third-order valence-corrected chi connectivity index (χ3v) is 6.54. The van der Waals surface area contributed by atoms with Crippen LogP contribution in [0.3, 0.4) is 0 Å². The Kier molecular flexibility index (Phi) is 5.82. The lowest BCUT2D eigenvalue weighted by Gasteiger charge is -2.44. The molecule has 8 nitrogen and oxygen atoms in total. The van der Waals surface area contributed by atoms with Crippen LogP contribution in [-0.2, 0) is 19.1 Å². The van der Waals surface area contributed by atoms with E-state index >= 15 is 0 Å². The number of hydrogen-bond donors (Lipinski definition) is 2. The van der Waals surface area contributed by atoms with Crippen molar-refractivity contribution >= 4 is 44.2 Å². The predicted octanol–water partition coefficient (Wildman–Crippen LogP) is 2.46. The quantitative estimate of drug-likeness (QED) is 0.775. The second kappa shape index (κ2) is 8.35. The van der Waals surface area contributed by atoms with Gasteiger partial charge in [0.1, 0.15) is 0 Å². The molecule has 9 heteroatoms. The van der Waals surface area contributed by atoms with Crippen molar-refractivity contribution in [3.05, 3.63) is 18.2 Å². The van der Waals surface area contributed by atoms with E-state index in [2.05, 4.69) is 20.5 Å². The van der Waals surface area contributed by atoms with Gasteiger partial charge in [0.15, 0.2) is 5.13 Å². The first-order valence-corrected chi connectivity index (χ1v) is 10.7. The largest absolute Gasteiger partial charge is 0.377 e. The normalized spacial score (nSPS) is 24.8. The molecule has 2 fully saturated rings. The summed E-state index contributed by atoms with van der Waals surface area (Å²) in [5.41, 5.74) is 1.33. The Morgan fingerprint density at radius 1 is 1.38 bits per heavy atom. The maximum absolute atomic E-state index is 12.6. The van der Waals surface area contributed by atoms with E-state index in [1.165, 1.54) is 18.3 Å². The summed E-state index contributed by atoms with van der Waals surface area (Å²) in [5.74, 6) is -0.215. The highest BCUT2D eigenvalue weighted by atomic mass is 32.1. The highest BCUT2D eigenvalue weighted by Crippen LogP contribution is 2.37. The monoisotopic (exact) mass is 418 g/mol. The molecule has 4 rings (SSSR count). The molecule has 2 aromatic rings. The van der Waals surface area contributed by atoms with E-state index in [4.69, 9.17) is 9.47 Å². The lowest BCUT2D eigenvalue weighted by molar-refractivity contribution is -0.145. The molecule has 2 saturated heterocycles. The zero-order valence-electron chi connectivity index (χ0n) is 16.7. The molecule has 2 N–H and O–H groups in total. The van der Waals surface area contributed by atoms with Crippen LogP contribution in [0.4, 0.5) is 10.8 Å². The smallest absolute Gasteiger partial charge is 0.240 e. The van der Waals surface area contributed by atoms with Crippen molar-refractivity contribution < 1.29 is 19.1 Å². The summed E-state index contributed by atoms with van der Waals surface area (Å²) in [4.78, 5) is 30.4. The van der Waals surface area contributed by atoms with Gasteiger partial charge in [-0.3, -0.25) is 14.5 Å². The summed E-state index contributed by atoms with van der Waals surface area (Å²) in [6.45, 7) is 4.06. The second-order valence-electron chi connectivity index (χ2n) is 7.66. The van der Waals surface area contributed by atoms with Gasteiger partial charge in [0.25, 0.3) is 0 Å². The maximum atomic E-state index is 12.6. The molecule has 2 aliphatic heterocycles. The molecule has 1 aromatic carbocycles. The molecule has 2 atom stereocenters. The minimum absolute atomic E-state index is 0.0128. The first kappa shape index (κ1) is 20.2. The molecule has 2 amide bonds. The van der Waals surface area contributed by atoms with E-state index in [0.29, 0.717) is 23.9 Å². The summed E-state index contributed by atoms with van der Waals surface area (Å²) in [6, 6.07) is 5.50. The Labute approximate surface area is 173 Å². The van der Waals surface area contributed by atoms with Gasteiger partial charge in [-0.2, -0.15) is 0 Å². The zero-order valence-corrected chi connectivity index (χ0v) is 17.5. The SMILES string of the molecule is CO[C@H]1CN(CC(=O)Nc2nc3ccc(NC(C)=O)cc3s2)CC[C@@]12CCCO2. The number of benzene rings is 1. The number of nitrogens with zero attached hydrogens (tertiary/aromatic N) is 2. The van der Waals surface area contributed by atoms with Crippen molar-refractivity contribution in [3.8, 4) is 0 Å². The number of thiazole rings is 1. The number of carbonyl (C=O) groups excluding carboxylic acids is 2. The minimum Gasteiger partial charge on any atom is -0.377 e. The Morgan fingerprint density at radius 2 is 2.24 bits per heavy atom. The third-order valence-electron chi connectivity index (χ3n) is 5.60. The van der Waals surface area contributed by atoms with E-state index in [9.17, 15) is 9.59 Å². The highest BCUT2D eigenvalue weighted by molar-refractivity contribution is 7.22. The second-order valence-corrected chi connectivity index (χ2v) is 8.69.